The first-order valence-corrected chi connectivity index (χ1v) is 7.86. The number of hydrogen-bond acceptors (Lipinski definition) is 3. The van der Waals surface area contributed by atoms with Gasteiger partial charge in [-0.15, -0.1) is 17.0 Å². The Balaban J connectivity index is 0.00000288. The molecule has 0 radical (unpaired) electrons. The maximum absolute atomic E-state index is 11.0. The van der Waals surface area contributed by atoms with Crippen molar-refractivity contribution in [2.45, 2.75) is 18.9 Å². The van der Waals surface area contributed by atoms with E-state index in [1.807, 2.05) is 49.5 Å². The molecule has 4 nitrogen and oxygen atoms in total. The van der Waals surface area contributed by atoms with Crippen LogP contribution in [-0.4, -0.2) is 36.1 Å². The molecule has 24 heavy (non-hydrogen) atoms. The van der Waals surface area contributed by atoms with E-state index in [1.165, 1.54) is 5.56 Å². The summed E-state index contributed by atoms with van der Waals surface area (Å²) < 4.78 is 0. The Morgan fingerprint density at radius 3 is 2.33 bits per heavy atom. The van der Waals surface area contributed by atoms with Crippen molar-refractivity contribution in [2.24, 2.45) is 5.73 Å². The third-order valence-electron chi connectivity index (χ3n) is 3.91. The molecule has 130 valence electrons. The summed E-state index contributed by atoms with van der Waals surface area (Å²) in [6, 6.07) is 17.1. The monoisotopic (exact) mass is 392 g/mol. The van der Waals surface area contributed by atoms with Gasteiger partial charge in [-0.3, -0.25) is 4.79 Å². The van der Waals surface area contributed by atoms with Crippen LogP contribution < -0.4 is 5.73 Å². The van der Waals surface area contributed by atoms with Gasteiger partial charge in [0.15, 0.2) is 0 Å². The quantitative estimate of drug-likeness (QED) is 0.725. The molecule has 1 atom stereocenters. The molecule has 0 aromatic heterocycles. The molecule has 2 aromatic carbocycles. The fourth-order valence-corrected chi connectivity index (χ4v) is 2.56. The van der Waals surface area contributed by atoms with Crippen LogP contribution in [-0.2, 0) is 6.42 Å². The molecule has 0 saturated heterocycles. The average molecular weight is 393 g/mol. The third-order valence-corrected chi connectivity index (χ3v) is 3.91. The van der Waals surface area contributed by atoms with Gasteiger partial charge in [-0.2, -0.15) is 0 Å². The number of hydrogen-bond donors (Lipinski definition) is 2. The average Bonchev–Trinajstić information content (AvgIpc) is 2.56. The number of carbonyl (C=O) groups excluding carboxylic acids is 1. The molecule has 1 amide bonds. The van der Waals surface area contributed by atoms with E-state index in [-0.39, 0.29) is 17.0 Å². The molecule has 0 aliphatic rings. The highest BCUT2D eigenvalue weighted by Gasteiger charge is 2.10. The van der Waals surface area contributed by atoms with Crippen molar-refractivity contribution >= 4 is 22.9 Å². The number of rotatable bonds is 8. The maximum atomic E-state index is 11.0. The molecule has 0 fully saturated rings. The van der Waals surface area contributed by atoms with Crippen LogP contribution in [0.3, 0.4) is 0 Å². The van der Waals surface area contributed by atoms with Gasteiger partial charge in [0.05, 0.1) is 6.10 Å². The van der Waals surface area contributed by atoms with Crippen molar-refractivity contribution in [3.05, 3.63) is 71.3 Å². The second kappa shape index (κ2) is 10.2. The number of nitrogens with two attached hydrogens (primary N) is 1. The second-order valence-electron chi connectivity index (χ2n) is 5.85. The number of benzene rings is 2. The summed E-state index contributed by atoms with van der Waals surface area (Å²) in [5.41, 5.74) is 7.90. The summed E-state index contributed by atoms with van der Waals surface area (Å²) in [6.45, 7) is 1.52. The first kappa shape index (κ1) is 20.4. The van der Waals surface area contributed by atoms with Gasteiger partial charge in [-0.1, -0.05) is 42.5 Å². The van der Waals surface area contributed by atoms with Crippen LogP contribution in [0.5, 0.6) is 0 Å². The lowest BCUT2D eigenvalue weighted by atomic mass is 10.1. The first-order valence-electron chi connectivity index (χ1n) is 7.86. The smallest absolute Gasteiger partial charge is 0.248 e. The molecular weight excluding hydrogens is 368 g/mol. The lowest BCUT2D eigenvalue weighted by molar-refractivity contribution is 0.1000. The summed E-state index contributed by atoms with van der Waals surface area (Å²) in [4.78, 5) is 13.2. The molecule has 0 saturated carbocycles. The van der Waals surface area contributed by atoms with Crippen molar-refractivity contribution in [1.29, 1.82) is 0 Å². The Morgan fingerprint density at radius 1 is 1.12 bits per heavy atom. The minimum absolute atomic E-state index is 0. The van der Waals surface area contributed by atoms with Crippen LogP contribution in [0.1, 0.15) is 34.0 Å². The Morgan fingerprint density at radius 2 is 1.75 bits per heavy atom. The van der Waals surface area contributed by atoms with Gasteiger partial charge in [0.1, 0.15) is 0 Å². The number of amides is 1. The fraction of sp³-hybridized carbons (Fsp3) is 0.316. The van der Waals surface area contributed by atoms with E-state index in [4.69, 9.17) is 5.73 Å². The van der Waals surface area contributed by atoms with Gasteiger partial charge in [0.25, 0.3) is 0 Å². The zero-order valence-corrected chi connectivity index (χ0v) is 15.6. The molecule has 2 aromatic rings. The van der Waals surface area contributed by atoms with Gasteiger partial charge in [0.2, 0.25) is 5.91 Å². The molecule has 0 spiro atoms. The number of aliphatic hydroxyl groups excluding tert-OH is 1. The van der Waals surface area contributed by atoms with Crippen molar-refractivity contribution in [1.82, 2.24) is 4.90 Å². The van der Waals surface area contributed by atoms with Gasteiger partial charge in [0, 0.05) is 12.1 Å². The summed E-state index contributed by atoms with van der Waals surface area (Å²) >= 11 is 0. The molecule has 0 bridgehead atoms. The molecule has 0 aliphatic carbocycles. The van der Waals surface area contributed by atoms with Crippen LogP contribution in [0.25, 0.3) is 0 Å². The minimum Gasteiger partial charge on any atom is -0.387 e. The van der Waals surface area contributed by atoms with Crippen LogP contribution in [0.2, 0.25) is 0 Å². The number of carbonyl (C=O) groups is 1. The van der Waals surface area contributed by atoms with E-state index in [0.717, 1.165) is 24.9 Å². The third kappa shape index (κ3) is 6.43. The first-order chi connectivity index (χ1) is 11.1. The Kier molecular flexibility index (Phi) is 8.68. The van der Waals surface area contributed by atoms with Crippen molar-refractivity contribution in [3.8, 4) is 0 Å². The summed E-state index contributed by atoms with van der Waals surface area (Å²) in [6.07, 6.45) is 1.47. The lowest BCUT2D eigenvalue weighted by Crippen LogP contribution is -2.26. The minimum atomic E-state index is -0.462. The van der Waals surface area contributed by atoms with E-state index in [2.05, 4.69) is 4.90 Å². The molecule has 2 rings (SSSR count). The Hall–Kier alpha value is -1.69. The molecular formula is C19H25BrN2O2. The zero-order chi connectivity index (χ0) is 16.7. The fourth-order valence-electron chi connectivity index (χ4n) is 2.56. The number of aliphatic hydroxyl groups is 1. The van der Waals surface area contributed by atoms with Crippen molar-refractivity contribution in [2.75, 3.05) is 20.1 Å². The number of primary amides is 1. The lowest BCUT2D eigenvalue weighted by Gasteiger charge is -2.20. The normalized spacial score (nSPS) is 11.8. The van der Waals surface area contributed by atoms with Crippen LogP contribution in [0, 0.1) is 0 Å². The number of likely N-dealkylation sites (N-methyl/N-ethyl adjacent to an activating group) is 1. The summed E-state index contributed by atoms with van der Waals surface area (Å²) in [5, 5.41) is 10.2. The molecule has 0 aliphatic heterocycles. The van der Waals surface area contributed by atoms with Crippen molar-refractivity contribution < 1.29 is 9.90 Å². The summed E-state index contributed by atoms with van der Waals surface area (Å²) in [5.74, 6) is -0.397. The SMILES string of the molecule is Br.CN(CCCc1ccc(C(N)=O)cc1)C[C@H](O)c1ccccc1. The van der Waals surface area contributed by atoms with Gasteiger partial charge >= 0.3 is 0 Å². The highest BCUT2D eigenvalue weighted by atomic mass is 79.9. The van der Waals surface area contributed by atoms with Gasteiger partial charge < -0.3 is 15.7 Å². The second-order valence-corrected chi connectivity index (χ2v) is 5.85. The number of nitrogens with zero attached hydrogens (tertiary/aromatic N) is 1. The standard InChI is InChI=1S/C19H24N2O2.BrH/c1-21(14-18(22)16-7-3-2-4-8-16)13-5-6-15-9-11-17(12-10-15)19(20)23;/h2-4,7-12,18,22H,5-6,13-14H2,1H3,(H2,20,23);1H/t18-;/m0./s1. The van der Waals surface area contributed by atoms with Crippen LogP contribution in [0.4, 0.5) is 0 Å². The predicted octanol–water partition coefficient (Wildman–Crippen LogP) is 2.96. The molecule has 5 heteroatoms. The molecule has 3 N–H and O–H groups in total. The van der Waals surface area contributed by atoms with Gasteiger partial charge in [-0.25, -0.2) is 0 Å². The summed E-state index contributed by atoms with van der Waals surface area (Å²) in [7, 11) is 2.02. The van der Waals surface area contributed by atoms with E-state index in [9.17, 15) is 9.90 Å². The number of aryl methyl sites for hydroxylation is 1. The largest absolute Gasteiger partial charge is 0.387 e. The molecule has 0 heterocycles. The Bertz CT molecular complexity index is 617. The molecule has 0 unspecified atom stereocenters. The van der Waals surface area contributed by atoms with Gasteiger partial charge in [-0.05, 0) is 49.7 Å². The van der Waals surface area contributed by atoms with E-state index in [1.54, 1.807) is 12.1 Å². The van der Waals surface area contributed by atoms with Crippen LogP contribution >= 0.6 is 17.0 Å². The zero-order valence-electron chi connectivity index (χ0n) is 13.9. The highest BCUT2D eigenvalue weighted by Crippen LogP contribution is 2.13. The van der Waals surface area contributed by atoms with E-state index >= 15 is 0 Å². The highest BCUT2D eigenvalue weighted by molar-refractivity contribution is 8.93. The predicted molar refractivity (Wildman–Crippen MR) is 103 cm³/mol. The topological polar surface area (TPSA) is 66.6 Å². The Labute approximate surface area is 154 Å². The number of halogens is 1. The van der Waals surface area contributed by atoms with Crippen LogP contribution in [0.15, 0.2) is 54.6 Å². The maximum Gasteiger partial charge on any atom is 0.248 e. The van der Waals surface area contributed by atoms with E-state index < -0.39 is 12.0 Å². The van der Waals surface area contributed by atoms with E-state index in [0.29, 0.717) is 12.1 Å². The van der Waals surface area contributed by atoms with Crippen molar-refractivity contribution in [3.63, 3.8) is 0 Å².